The lowest BCUT2D eigenvalue weighted by Crippen LogP contribution is -2.74. The Kier molecular flexibility index (Phi) is 8.87. The summed E-state index contributed by atoms with van der Waals surface area (Å²) in [6.07, 6.45) is 0. The van der Waals surface area contributed by atoms with Crippen molar-refractivity contribution in [3.05, 3.63) is 255 Å². The van der Waals surface area contributed by atoms with Crippen molar-refractivity contribution in [3.63, 3.8) is 0 Å². The van der Waals surface area contributed by atoms with E-state index >= 15 is 0 Å². The van der Waals surface area contributed by atoms with E-state index in [1.165, 1.54) is 86.6 Å². The van der Waals surface area contributed by atoms with Crippen LogP contribution in [0.1, 0.15) is 0 Å². The van der Waals surface area contributed by atoms with Crippen LogP contribution in [-0.4, -0.2) is 17.2 Å². The van der Waals surface area contributed by atoms with E-state index in [1.807, 2.05) is 0 Å². The first-order valence-corrected chi connectivity index (χ1v) is 23.8. The Morgan fingerprint density at radius 2 is 0.778 bits per heavy atom. The SMILES string of the molecule is c1ccc(-c2ccc(-c3ccccc3)c(-n3c4ccccc4c4ccc(-n5c6ccccc6c6c([Si](c7ccccc7)(c7ccccc7)c7ccccc7)cccc65)cc43)c2)cc1. The van der Waals surface area contributed by atoms with Crippen LogP contribution in [0.4, 0.5) is 0 Å². The average Bonchev–Trinajstić information content (AvgIpc) is 3.88. The predicted molar refractivity (Wildman–Crippen MR) is 270 cm³/mol. The van der Waals surface area contributed by atoms with Crippen molar-refractivity contribution in [1.29, 1.82) is 0 Å². The summed E-state index contributed by atoms with van der Waals surface area (Å²) in [5.41, 5.74) is 11.8. The first-order chi connectivity index (χ1) is 31.3. The zero-order valence-corrected chi connectivity index (χ0v) is 35.6. The van der Waals surface area contributed by atoms with Crippen LogP contribution < -0.4 is 20.7 Å². The predicted octanol–water partition coefficient (Wildman–Crippen LogP) is 12.6. The van der Waals surface area contributed by atoms with Gasteiger partial charge in [0, 0.05) is 32.8 Å². The van der Waals surface area contributed by atoms with Gasteiger partial charge in [0.1, 0.15) is 0 Å². The Labute approximate surface area is 368 Å². The summed E-state index contributed by atoms with van der Waals surface area (Å²) >= 11 is 0. The molecule has 0 unspecified atom stereocenters. The normalized spacial score (nSPS) is 11.8. The summed E-state index contributed by atoms with van der Waals surface area (Å²) in [7, 11) is -2.88. The number of para-hydroxylation sites is 2. The van der Waals surface area contributed by atoms with Gasteiger partial charge < -0.3 is 9.13 Å². The molecule has 10 aromatic carbocycles. The minimum Gasteiger partial charge on any atom is -0.309 e. The lowest BCUT2D eigenvalue weighted by molar-refractivity contribution is 1.16. The molecule has 0 saturated carbocycles. The van der Waals surface area contributed by atoms with E-state index in [0.29, 0.717) is 0 Å². The standard InChI is InChI=1S/C60H42N2Si/c1-6-21-43(22-7-1)45-37-39-50(44-23-8-2-9-24-44)57(41-45)62-54-33-18-16-31-51(54)52-40-38-46(42-58(52)62)61-55-34-19-17-32-53(55)60-56(61)35-20-36-59(60)63(47-25-10-3-11-26-47,48-27-12-4-13-28-48)49-29-14-5-15-30-49/h1-42H. The Bertz CT molecular complexity index is 3500. The fourth-order valence-electron chi connectivity index (χ4n) is 10.4. The number of aromatic nitrogens is 2. The summed E-state index contributed by atoms with van der Waals surface area (Å²) in [6, 6.07) is 94.3. The van der Waals surface area contributed by atoms with Crippen LogP contribution in [0.15, 0.2) is 255 Å². The molecule has 0 saturated heterocycles. The maximum Gasteiger partial charge on any atom is 0.180 e. The van der Waals surface area contributed by atoms with Crippen molar-refractivity contribution >= 4 is 72.4 Å². The molecule has 2 aromatic heterocycles. The van der Waals surface area contributed by atoms with Crippen LogP contribution in [-0.2, 0) is 0 Å². The Morgan fingerprint density at radius 1 is 0.286 bits per heavy atom. The van der Waals surface area contributed by atoms with Crippen LogP contribution >= 0.6 is 0 Å². The maximum absolute atomic E-state index is 2.88. The van der Waals surface area contributed by atoms with Crippen LogP contribution in [0, 0.1) is 0 Å². The van der Waals surface area contributed by atoms with E-state index in [0.717, 1.165) is 11.4 Å². The maximum atomic E-state index is 2.51. The number of hydrogen-bond donors (Lipinski definition) is 0. The molecule has 0 aliphatic carbocycles. The minimum atomic E-state index is -2.88. The van der Waals surface area contributed by atoms with Crippen LogP contribution in [0.25, 0.3) is 77.2 Å². The molecule has 2 heterocycles. The van der Waals surface area contributed by atoms with E-state index in [-0.39, 0.29) is 0 Å². The summed E-state index contributed by atoms with van der Waals surface area (Å²) in [5, 5.41) is 10.5. The second kappa shape index (κ2) is 15.2. The Hall–Kier alpha value is -7.98. The third-order valence-electron chi connectivity index (χ3n) is 13.1. The molecule has 0 N–H and O–H groups in total. The highest BCUT2D eigenvalue weighted by Crippen LogP contribution is 2.40. The highest BCUT2D eigenvalue weighted by molar-refractivity contribution is 7.20. The van der Waals surface area contributed by atoms with Crippen molar-refractivity contribution in [1.82, 2.24) is 9.13 Å². The summed E-state index contributed by atoms with van der Waals surface area (Å²) < 4.78 is 5.01. The van der Waals surface area contributed by atoms with Gasteiger partial charge in [0.2, 0.25) is 0 Å². The molecule has 0 radical (unpaired) electrons. The summed E-state index contributed by atoms with van der Waals surface area (Å²) in [6.45, 7) is 0. The fourth-order valence-corrected chi connectivity index (χ4v) is 15.4. The van der Waals surface area contributed by atoms with E-state index in [1.54, 1.807) is 0 Å². The van der Waals surface area contributed by atoms with Crippen LogP contribution in [0.3, 0.4) is 0 Å². The molecule has 0 fully saturated rings. The highest BCUT2D eigenvalue weighted by Gasteiger charge is 2.43. The number of hydrogen-bond acceptors (Lipinski definition) is 0. The Morgan fingerprint density at radius 3 is 1.40 bits per heavy atom. The number of fused-ring (bicyclic) bond motifs is 6. The fraction of sp³-hybridized carbons (Fsp3) is 0. The topological polar surface area (TPSA) is 9.86 Å². The minimum absolute atomic E-state index is 1.13. The van der Waals surface area contributed by atoms with E-state index in [4.69, 9.17) is 0 Å². The zero-order valence-electron chi connectivity index (χ0n) is 34.6. The van der Waals surface area contributed by atoms with Crippen molar-refractivity contribution in [2.45, 2.75) is 0 Å². The van der Waals surface area contributed by atoms with Gasteiger partial charge in [-0.3, -0.25) is 0 Å². The molecular formula is C60H42N2Si. The van der Waals surface area contributed by atoms with E-state index < -0.39 is 8.07 Å². The summed E-state index contributed by atoms with van der Waals surface area (Å²) in [4.78, 5) is 0. The van der Waals surface area contributed by atoms with Crippen molar-refractivity contribution < 1.29 is 0 Å². The second-order valence-electron chi connectivity index (χ2n) is 16.4. The largest absolute Gasteiger partial charge is 0.309 e. The molecule has 0 bridgehead atoms. The van der Waals surface area contributed by atoms with Crippen LogP contribution in [0.2, 0.25) is 0 Å². The van der Waals surface area contributed by atoms with Gasteiger partial charge in [-0.15, -0.1) is 0 Å². The first kappa shape index (κ1) is 36.8. The van der Waals surface area contributed by atoms with Gasteiger partial charge in [0.05, 0.1) is 27.8 Å². The molecule has 0 aliphatic heterocycles. The molecule has 63 heavy (non-hydrogen) atoms. The third kappa shape index (κ3) is 5.85. The number of nitrogens with zero attached hydrogens (tertiary/aromatic N) is 2. The molecule has 0 atom stereocenters. The molecule has 12 rings (SSSR count). The Balaban J connectivity index is 1.17. The van der Waals surface area contributed by atoms with Gasteiger partial charge >= 0.3 is 0 Å². The zero-order chi connectivity index (χ0) is 41.7. The van der Waals surface area contributed by atoms with Crippen molar-refractivity contribution in [2.75, 3.05) is 0 Å². The first-order valence-electron chi connectivity index (χ1n) is 21.8. The summed E-state index contributed by atoms with van der Waals surface area (Å²) in [5.74, 6) is 0. The highest BCUT2D eigenvalue weighted by atomic mass is 28.3. The van der Waals surface area contributed by atoms with Gasteiger partial charge in [-0.05, 0) is 73.8 Å². The third-order valence-corrected chi connectivity index (χ3v) is 17.9. The number of benzene rings is 10. The van der Waals surface area contributed by atoms with Gasteiger partial charge in [-0.25, -0.2) is 0 Å². The number of rotatable bonds is 8. The molecule has 2 nitrogen and oxygen atoms in total. The molecule has 0 amide bonds. The molecule has 0 aliphatic rings. The quantitative estimate of drug-likeness (QED) is 0.107. The van der Waals surface area contributed by atoms with E-state index in [9.17, 15) is 0 Å². The monoisotopic (exact) mass is 818 g/mol. The van der Waals surface area contributed by atoms with Crippen molar-refractivity contribution in [3.8, 4) is 33.6 Å². The lowest BCUT2D eigenvalue weighted by Gasteiger charge is -2.35. The molecule has 3 heteroatoms. The molecular weight excluding hydrogens is 777 g/mol. The van der Waals surface area contributed by atoms with Crippen molar-refractivity contribution in [2.24, 2.45) is 0 Å². The van der Waals surface area contributed by atoms with Gasteiger partial charge in [-0.1, -0.05) is 218 Å². The van der Waals surface area contributed by atoms with Gasteiger partial charge in [-0.2, -0.15) is 0 Å². The average molecular weight is 819 g/mol. The lowest BCUT2D eigenvalue weighted by atomic mass is 9.98. The molecule has 12 aromatic rings. The van der Waals surface area contributed by atoms with E-state index in [2.05, 4.69) is 264 Å². The smallest absolute Gasteiger partial charge is 0.180 e. The second-order valence-corrected chi connectivity index (χ2v) is 20.2. The molecule has 0 spiro atoms. The molecule has 296 valence electrons. The van der Waals surface area contributed by atoms with Gasteiger partial charge in [0.15, 0.2) is 8.07 Å². The van der Waals surface area contributed by atoms with Gasteiger partial charge in [0.25, 0.3) is 0 Å². The van der Waals surface area contributed by atoms with Crippen LogP contribution in [0.5, 0.6) is 0 Å².